The predicted molar refractivity (Wildman–Crippen MR) is 81.6 cm³/mol. The van der Waals surface area contributed by atoms with E-state index in [1.807, 2.05) is 0 Å². The maximum Gasteiger partial charge on any atom is 0.0187 e. The largest absolute Gasteiger partial charge is 0.325 e. The summed E-state index contributed by atoms with van der Waals surface area (Å²) >= 11 is 0. The average molecular weight is 253 g/mol. The molecule has 1 nitrogen and oxygen atoms in total. The quantitative estimate of drug-likeness (QED) is 0.740. The lowest BCUT2D eigenvalue weighted by molar-refractivity contribution is 0.0692. The van der Waals surface area contributed by atoms with Crippen molar-refractivity contribution in [3.63, 3.8) is 0 Å². The van der Waals surface area contributed by atoms with E-state index in [9.17, 15) is 0 Å². The van der Waals surface area contributed by atoms with Crippen LogP contribution >= 0.6 is 0 Å². The van der Waals surface area contributed by atoms with E-state index in [0.717, 1.165) is 0 Å². The van der Waals surface area contributed by atoms with Crippen molar-refractivity contribution in [2.75, 3.05) is 0 Å². The minimum absolute atomic E-state index is 0.0990. The van der Waals surface area contributed by atoms with Crippen molar-refractivity contribution in [2.24, 2.45) is 22.5 Å². The standard InChI is InChI=1S/C17H35N/c1-15(2,3)11-9-13-17(18)12-8-7-10-14(17)16(4,5)6/h14H,7-13,18H2,1-6H3. The number of hydrogen-bond donors (Lipinski definition) is 1. The minimum atomic E-state index is 0.0990. The summed E-state index contributed by atoms with van der Waals surface area (Å²) in [6.07, 6.45) is 9.06. The summed E-state index contributed by atoms with van der Waals surface area (Å²) < 4.78 is 0. The molecule has 0 aliphatic heterocycles. The molecule has 1 rings (SSSR count). The van der Waals surface area contributed by atoms with Crippen LogP contribution in [0, 0.1) is 16.7 Å². The molecule has 0 radical (unpaired) electrons. The molecule has 1 heteroatoms. The van der Waals surface area contributed by atoms with Gasteiger partial charge in [0.25, 0.3) is 0 Å². The Morgan fingerprint density at radius 2 is 1.67 bits per heavy atom. The van der Waals surface area contributed by atoms with Crippen LogP contribution in [0.3, 0.4) is 0 Å². The fourth-order valence-electron chi connectivity index (χ4n) is 3.81. The maximum atomic E-state index is 6.82. The van der Waals surface area contributed by atoms with Gasteiger partial charge in [-0.2, -0.15) is 0 Å². The first kappa shape index (κ1) is 16.0. The summed E-state index contributed by atoms with van der Waals surface area (Å²) in [5.74, 6) is 0.693. The Labute approximate surface area is 115 Å². The summed E-state index contributed by atoms with van der Waals surface area (Å²) in [7, 11) is 0. The molecule has 18 heavy (non-hydrogen) atoms. The van der Waals surface area contributed by atoms with E-state index in [-0.39, 0.29) is 5.54 Å². The molecule has 0 heterocycles. The summed E-state index contributed by atoms with van der Waals surface area (Å²) in [6, 6.07) is 0. The van der Waals surface area contributed by atoms with Gasteiger partial charge in [-0.15, -0.1) is 0 Å². The molecule has 0 amide bonds. The third-order valence-corrected chi connectivity index (χ3v) is 4.69. The Morgan fingerprint density at radius 1 is 1.06 bits per heavy atom. The fraction of sp³-hybridized carbons (Fsp3) is 1.00. The molecule has 2 unspecified atom stereocenters. The second-order valence-electron chi connectivity index (χ2n) is 8.81. The first-order valence-corrected chi connectivity index (χ1v) is 7.83. The van der Waals surface area contributed by atoms with Crippen molar-refractivity contribution < 1.29 is 0 Å². The van der Waals surface area contributed by atoms with Crippen LogP contribution in [0.2, 0.25) is 0 Å². The van der Waals surface area contributed by atoms with Gasteiger partial charge in [-0.1, -0.05) is 60.8 Å². The van der Waals surface area contributed by atoms with Gasteiger partial charge < -0.3 is 5.73 Å². The van der Waals surface area contributed by atoms with Crippen molar-refractivity contribution in [1.29, 1.82) is 0 Å². The molecule has 0 aromatic carbocycles. The number of rotatable bonds is 3. The van der Waals surface area contributed by atoms with Crippen molar-refractivity contribution >= 4 is 0 Å². The van der Waals surface area contributed by atoms with E-state index < -0.39 is 0 Å². The van der Waals surface area contributed by atoms with E-state index in [1.165, 1.54) is 44.9 Å². The predicted octanol–water partition coefficient (Wildman–Crippen LogP) is 5.14. The zero-order valence-corrected chi connectivity index (χ0v) is 13.6. The third kappa shape index (κ3) is 4.57. The van der Waals surface area contributed by atoms with Gasteiger partial charge in [-0.3, -0.25) is 0 Å². The second-order valence-corrected chi connectivity index (χ2v) is 8.81. The summed E-state index contributed by atoms with van der Waals surface area (Å²) in [4.78, 5) is 0. The first-order valence-electron chi connectivity index (χ1n) is 7.83. The second kappa shape index (κ2) is 5.53. The Morgan fingerprint density at radius 3 is 2.17 bits per heavy atom. The van der Waals surface area contributed by atoms with Crippen LogP contribution in [0.1, 0.15) is 86.5 Å². The van der Waals surface area contributed by atoms with E-state index in [1.54, 1.807) is 0 Å². The topological polar surface area (TPSA) is 26.0 Å². The molecule has 2 N–H and O–H groups in total. The molecular formula is C17H35N. The van der Waals surface area contributed by atoms with E-state index >= 15 is 0 Å². The molecule has 108 valence electrons. The molecular weight excluding hydrogens is 218 g/mol. The Bertz CT molecular complexity index is 256. The lowest BCUT2D eigenvalue weighted by Gasteiger charge is -2.48. The summed E-state index contributed by atoms with van der Waals surface area (Å²) in [6.45, 7) is 14.1. The summed E-state index contributed by atoms with van der Waals surface area (Å²) in [5.41, 5.74) is 7.72. The number of hydrogen-bond acceptors (Lipinski definition) is 1. The van der Waals surface area contributed by atoms with Gasteiger partial charge in [-0.25, -0.2) is 0 Å². The van der Waals surface area contributed by atoms with Crippen LogP contribution in [0.4, 0.5) is 0 Å². The van der Waals surface area contributed by atoms with Gasteiger partial charge in [0, 0.05) is 5.54 Å². The highest BCUT2D eigenvalue weighted by Crippen LogP contribution is 2.45. The van der Waals surface area contributed by atoms with Gasteiger partial charge in [0.15, 0.2) is 0 Å². The lowest BCUT2D eigenvalue weighted by atomic mass is 9.61. The summed E-state index contributed by atoms with van der Waals surface area (Å²) in [5, 5.41) is 0. The van der Waals surface area contributed by atoms with Gasteiger partial charge in [0.1, 0.15) is 0 Å². The Hall–Kier alpha value is -0.0400. The highest BCUT2D eigenvalue weighted by atomic mass is 14.8. The minimum Gasteiger partial charge on any atom is -0.325 e. The molecule has 0 bridgehead atoms. The van der Waals surface area contributed by atoms with E-state index in [4.69, 9.17) is 5.73 Å². The Kier molecular flexibility index (Phi) is 4.92. The molecule has 1 saturated carbocycles. The molecule has 0 aromatic heterocycles. The van der Waals surface area contributed by atoms with E-state index in [2.05, 4.69) is 41.5 Å². The van der Waals surface area contributed by atoms with Gasteiger partial charge >= 0.3 is 0 Å². The van der Waals surface area contributed by atoms with Crippen molar-refractivity contribution in [2.45, 2.75) is 92.0 Å². The van der Waals surface area contributed by atoms with Crippen LogP contribution in [0.25, 0.3) is 0 Å². The van der Waals surface area contributed by atoms with Crippen LogP contribution in [0.15, 0.2) is 0 Å². The molecule has 1 aliphatic rings. The van der Waals surface area contributed by atoms with Gasteiger partial charge in [0.2, 0.25) is 0 Å². The SMILES string of the molecule is CC(C)(C)CCCC1(N)CCCCC1C(C)(C)C. The molecule has 0 spiro atoms. The van der Waals surface area contributed by atoms with Crippen molar-refractivity contribution in [1.82, 2.24) is 0 Å². The number of nitrogens with two attached hydrogens (primary N) is 1. The van der Waals surface area contributed by atoms with Crippen molar-refractivity contribution in [3.05, 3.63) is 0 Å². The van der Waals surface area contributed by atoms with Crippen LogP contribution in [-0.4, -0.2) is 5.54 Å². The molecule has 2 atom stereocenters. The Balaban J connectivity index is 2.63. The third-order valence-electron chi connectivity index (χ3n) is 4.69. The zero-order chi connectivity index (χ0) is 14.0. The maximum absolute atomic E-state index is 6.82. The van der Waals surface area contributed by atoms with Gasteiger partial charge in [0.05, 0.1) is 0 Å². The van der Waals surface area contributed by atoms with Crippen LogP contribution in [0.5, 0.6) is 0 Å². The molecule has 0 saturated heterocycles. The fourth-order valence-corrected chi connectivity index (χ4v) is 3.81. The highest BCUT2D eigenvalue weighted by molar-refractivity contribution is 4.99. The lowest BCUT2D eigenvalue weighted by Crippen LogP contribution is -2.53. The van der Waals surface area contributed by atoms with Gasteiger partial charge in [-0.05, 0) is 42.4 Å². The first-order chi connectivity index (χ1) is 8.05. The zero-order valence-electron chi connectivity index (χ0n) is 13.6. The van der Waals surface area contributed by atoms with E-state index in [0.29, 0.717) is 16.7 Å². The normalized spacial score (nSPS) is 30.5. The smallest absolute Gasteiger partial charge is 0.0187 e. The molecule has 1 fully saturated rings. The monoisotopic (exact) mass is 253 g/mol. The molecule has 1 aliphatic carbocycles. The highest BCUT2D eigenvalue weighted by Gasteiger charge is 2.42. The molecule has 0 aromatic rings. The van der Waals surface area contributed by atoms with Crippen LogP contribution < -0.4 is 5.73 Å². The average Bonchev–Trinajstić information content (AvgIpc) is 2.13. The van der Waals surface area contributed by atoms with Crippen molar-refractivity contribution in [3.8, 4) is 0 Å². The van der Waals surface area contributed by atoms with Crippen LogP contribution in [-0.2, 0) is 0 Å².